The topological polar surface area (TPSA) is 78.9 Å². The maximum absolute atomic E-state index is 12.8. The number of allylic oxidation sites excluding steroid dienone is 12. The molecule has 0 spiro atoms. The summed E-state index contributed by atoms with van der Waals surface area (Å²) in [5.41, 5.74) is 0. The molecule has 0 fully saturated rings. The number of hydrogen-bond acceptors (Lipinski definition) is 6. The molecule has 0 heterocycles. The lowest BCUT2D eigenvalue weighted by Gasteiger charge is -2.18. The molecule has 0 aliphatic rings. The Morgan fingerprint density at radius 3 is 1.11 bits per heavy atom. The van der Waals surface area contributed by atoms with E-state index in [0.717, 1.165) is 51.4 Å². The van der Waals surface area contributed by atoms with Crippen LogP contribution in [-0.2, 0) is 28.6 Å². The highest BCUT2D eigenvalue weighted by molar-refractivity contribution is 5.71. The summed E-state index contributed by atoms with van der Waals surface area (Å²) in [4.78, 5) is 37.9. The zero-order valence-electron chi connectivity index (χ0n) is 39.9. The van der Waals surface area contributed by atoms with Crippen LogP contribution in [0, 0.1) is 0 Å². The van der Waals surface area contributed by atoms with Crippen molar-refractivity contribution in [3.63, 3.8) is 0 Å². The van der Waals surface area contributed by atoms with Gasteiger partial charge in [-0.3, -0.25) is 14.4 Å². The standard InChI is InChI=1S/C55H94O6/c1-4-7-10-13-16-19-22-25-27-30-33-36-39-42-45-48-54(57)60-51-52(50-59-53(56)47-44-41-38-35-32-29-24-21-18-15-12-9-6-3)61-55(58)49-46-43-40-37-34-31-28-26-23-20-17-14-11-8-5-2/h9,12,15,18-19,21-22,24,29,32,35,38,52H,4-8,10-11,13-14,16-17,20,23,25-28,30-31,33-34,36-37,39-51H2,1-3H3/b12-9+,18-15+,22-19+,24-21+,32-29+,38-35+. The summed E-state index contributed by atoms with van der Waals surface area (Å²) in [5, 5.41) is 0. The second-order valence-electron chi connectivity index (χ2n) is 16.8. The third kappa shape index (κ3) is 47.7. The quantitative estimate of drug-likeness (QED) is 0.0200. The highest BCUT2D eigenvalue weighted by Gasteiger charge is 2.19. The van der Waals surface area contributed by atoms with Crippen molar-refractivity contribution in [1.29, 1.82) is 0 Å². The van der Waals surface area contributed by atoms with Gasteiger partial charge in [-0.2, -0.15) is 0 Å². The molecule has 61 heavy (non-hydrogen) atoms. The molecule has 0 amide bonds. The van der Waals surface area contributed by atoms with Crippen LogP contribution in [0.5, 0.6) is 0 Å². The van der Waals surface area contributed by atoms with E-state index >= 15 is 0 Å². The number of rotatable bonds is 45. The summed E-state index contributed by atoms with van der Waals surface area (Å²) in [7, 11) is 0. The van der Waals surface area contributed by atoms with E-state index in [9.17, 15) is 14.4 Å². The van der Waals surface area contributed by atoms with Crippen molar-refractivity contribution >= 4 is 17.9 Å². The summed E-state index contributed by atoms with van der Waals surface area (Å²) in [6.07, 6.45) is 61.8. The zero-order valence-corrected chi connectivity index (χ0v) is 39.9. The molecule has 0 aliphatic carbocycles. The van der Waals surface area contributed by atoms with Gasteiger partial charge >= 0.3 is 17.9 Å². The Kier molecular flexibility index (Phi) is 46.9. The molecule has 0 rings (SSSR count). The molecule has 0 aliphatic heterocycles. The first-order chi connectivity index (χ1) is 30.0. The molecule has 6 heteroatoms. The van der Waals surface area contributed by atoms with Crippen LogP contribution in [0.4, 0.5) is 0 Å². The normalized spacial score (nSPS) is 12.6. The van der Waals surface area contributed by atoms with Crippen LogP contribution in [0.3, 0.4) is 0 Å². The third-order valence-corrected chi connectivity index (χ3v) is 10.8. The minimum absolute atomic E-state index is 0.0986. The average molecular weight is 851 g/mol. The summed E-state index contributed by atoms with van der Waals surface area (Å²) in [6, 6.07) is 0. The van der Waals surface area contributed by atoms with Crippen molar-refractivity contribution in [2.24, 2.45) is 0 Å². The van der Waals surface area contributed by atoms with Crippen molar-refractivity contribution in [2.45, 2.75) is 245 Å². The van der Waals surface area contributed by atoms with E-state index in [0.29, 0.717) is 19.3 Å². The third-order valence-electron chi connectivity index (χ3n) is 10.8. The van der Waals surface area contributed by atoms with Gasteiger partial charge in [-0.1, -0.05) is 235 Å². The molecule has 1 unspecified atom stereocenters. The lowest BCUT2D eigenvalue weighted by atomic mass is 10.0. The van der Waals surface area contributed by atoms with Crippen LogP contribution in [0.1, 0.15) is 239 Å². The Labute approximate surface area is 376 Å². The molecule has 350 valence electrons. The number of unbranched alkanes of at least 4 members (excludes halogenated alkanes) is 26. The van der Waals surface area contributed by atoms with E-state index < -0.39 is 6.10 Å². The maximum Gasteiger partial charge on any atom is 0.306 e. The van der Waals surface area contributed by atoms with Gasteiger partial charge in [0.25, 0.3) is 0 Å². The van der Waals surface area contributed by atoms with Crippen molar-refractivity contribution in [3.05, 3.63) is 72.9 Å². The van der Waals surface area contributed by atoms with Crippen molar-refractivity contribution in [1.82, 2.24) is 0 Å². The Bertz CT molecular complexity index is 1160. The molecule has 0 saturated carbocycles. The van der Waals surface area contributed by atoms with E-state index in [1.807, 2.05) is 54.7 Å². The van der Waals surface area contributed by atoms with Crippen LogP contribution < -0.4 is 0 Å². The van der Waals surface area contributed by atoms with Crippen molar-refractivity contribution in [2.75, 3.05) is 13.2 Å². The average Bonchev–Trinajstić information content (AvgIpc) is 3.26. The first-order valence-electron chi connectivity index (χ1n) is 25.5. The van der Waals surface area contributed by atoms with Gasteiger partial charge in [0.1, 0.15) is 13.2 Å². The van der Waals surface area contributed by atoms with Gasteiger partial charge in [0, 0.05) is 19.3 Å². The largest absolute Gasteiger partial charge is 0.462 e. The molecule has 0 saturated heterocycles. The lowest BCUT2D eigenvalue weighted by Crippen LogP contribution is -2.30. The van der Waals surface area contributed by atoms with Crippen molar-refractivity contribution in [3.8, 4) is 0 Å². The van der Waals surface area contributed by atoms with E-state index in [-0.39, 0.29) is 37.5 Å². The fourth-order valence-electron chi connectivity index (χ4n) is 7.00. The lowest BCUT2D eigenvalue weighted by molar-refractivity contribution is -0.167. The molecule has 0 aromatic carbocycles. The monoisotopic (exact) mass is 851 g/mol. The molecule has 0 aromatic heterocycles. The molecule has 0 N–H and O–H groups in total. The molecule has 6 nitrogen and oxygen atoms in total. The van der Waals surface area contributed by atoms with Gasteiger partial charge in [0.2, 0.25) is 0 Å². The van der Waals surface area contributed by atoms with Crippen LogP contribution in [0.15, 0.2) is 72.9 Å². The van der Waals surface area contributed by atoms with Gasteiger partial charge in [-0.25, -0.2) is 0 Å². The zero-order chi connectivity index (χ0) is 44.4. The van der Waals surface area contributed by atoms with Crippen LogP contribution in [-0.4, -0.2) is 37.2 Å². The van der Waals surface area contributed by atoms with Gasteiger partial charge in [-0.15, -0.1) is 0 Å². The van der Waals surface area contributed by atoms with Crippen LogP contribution in [0.25, 0.3) is 0 Å². The summed E-state index contributed by atoms with van der Waals surface area (Å²) < 4.78 is 16.7. The van der Waals surface area contributed by atoms with E-state index in [1.165, 1.54) is 141 Å². The summed E-state index contributed by atoms with van der Waals surface area (Å²) in [6.45, 7) is 6.42. The first-order valence-corrected chi connectivity index (χ1v) is 25.5. The second-order valence-corrected chi connectivity index (χ2v) is 16.8. The SMILES string of the molecule is CC/C=C/C=C/C=C/C=C/C=C/CCCC(=O)OCC(COC(=O)CCCCCCCCC/C=C/CCCCCC)OC(=O)CCCCCCCCCCCCCCCCC. The van der Waals surface area contributed by atoms with Gasteiger partial charge in [0.15, 0.2) is 6.10 Å². The molecular formula is C55H94O6. The van der Waals surface area contributed by atoms with E-state index in [4.69, 9.17) is 14.2 Å². The second kappa shape index (κ2) is 49.5. The summed E-state index contributed by atoms with van der Waals surface area (Å²) in [5.74, 6) is -0.976. The van der Waals surface area contributed by atoms with Gasteiger partial charge in [0.05, 0.1) is 0 Å². The van der Waals surface area contributed by atoms with Gasteiger partial charge in [-0.05, 0) is 57.8 Å². The molecular weight excluding hydrogens is 757 g/mol. The highest BCUT2D eigenvalue weighted by atomic mass is 16.6. The predicted molar refractivity (Wildman–Crippen MR) is 261 cm³/mol. The Balaban J connectivity index is 4.46. The van der Waals surface area contributed by atoms with Crippen LogP contribution >= 0.6 is 0 Å². The minimum atomic E-state index is -0.803. The number of carbonyl (C=O) groups excluding carboxylic acids is 3. The fourth-order valence-corrected chi connectivity index (χ4v) is 7.00. The Morgan fingerprint density at radius 2 is 0.672 bits per heavy atom. The maximum atomic E-state index is 12.8. The fraction of sp³-hybridized carbons (Fsp3) is 0.727. The van der Waals surface area contributed by atoms with Crippen LogP contribution in [0.2, 0.25) is 0 Å². The van der Waals surface area contributed by atoms with Gasteiger partial charge < -0.3 is 14.2 Å². The first kappa shape index (κ1) is 57.9. The molecule has 0 radical (unpaired) electrons. The van der Waals surface area contributed by atoms with E-state index in [2.05, 4.69) is 39.0 Å². The smallest absolute Gasteiger partial charge is 0.306 e. The minimum Gasteiger partial charge on any atom is -0.462 e. The number of ether oxygens (including phenoxy) is 3. The predicted octanol–water partition coefficient (Wildman–Crippen LogP) is 16.6. The number of carbonyl (C=O) groups is 3. The summed E-state index contributed by atoms with van der Waals surface area (Å²) >= 11 is 0. The number of esters is 3. The molecule has 0 aromatic rings. The Morgan fingerprint density at radius 1 is 0.344 bits per heavy atom. The molecule has 0 bridgehead atoms. The number of hydrogen-bond donors (Lipinski definition) is 0. The van der Waals surface area contributed by atoms with E-state index in [1.54, 1.807) is 0 Å². The highest BCUT2D eigenvalue weighted by Crippen LogP contribution is 2.15. The van der Waals surface area contributed by atoms with Crippen molar-refractivity contribution < 1.29 is 28.6 Å². The Hall–Kier alpha value is -3.15. The molecule has 1 atom stereocenters.